The lowest BCUT2D eigenvalue weighted by Crippen LogP contribution is -2.05. The summed E-state index contributed by atoms with van der Waals surface area (Å²) in [5.74, 6) is -1.34. The van der Waals surface area contributed by atoms with Crippen LogP contribution in [0.5, 0.6) is 0 Å². The summed E-state index contributed by atoms with van der Waals surface area (Å²) in [6.07, 6.45) is 1.09. The number of halogens is 1. The quantitative estimate of drug-likeness (QED) is 0.748. The van der Waals surface area contributed by atoms with E-state index in [-0.39, 0.29) is 5.82 Å². The molecule has 0 saturated heterocycles. The number of rotatable bonds is 4. The molecule has 0 bridgehead atoms. The largest absolute Gasteiger partial charge is 0.478 e. The molecule has 0 aliphatic carbocycles. The molecule has 0 fully saturated rings. The molecular formula is C11H12FNO2. The van der Waals surface area contributed by atoms with E-state index in [4.69, 9.17) is 5.11 Å². The van der Waals surface area contributed by atoms with E-state index in [9.17, 15) is 9.18 Å². The van der Waals surface area contributed by atoms with Crippen LogP contribution in [-0.4, -0.2) is 17.6 Å². The van der Waals surface area contributed by atoms with Gasteiger partial charge in [-0.3, -0.25) is 0 Å². The van der Waals surface area contributed by atoms with Crippen LogP contribution in [0.25, 0.3) is 0 Å². The van der Waals surface area contributed by atoms with E-state index in [0.717, 1.165) is 6.08 Å². The highest BCUT2D eigenvalue weighted by Gasteiger charge is 1.99. The number of hydrogen-bond donors (Lipinski definition) is 2. The van der Waals surface area contributed by atoms with Gasteiger partial charge in [0.05, 0.1) is 5.69 Å². The maximum atomic E-state index is 13.1. The second-order valence-electron chi connectivity index (χ2n) is 3.16. The van der Waals surface area contributed by atoms with Crippen molar-refractivity contribution in [2.75, 3.05) is 11.9 Å². The Hall–Kier alpha value is -1.84. The fourth-order valence-corrected chi connectivity index (χ4v) is 1.10. The Morgan fingerprint density at radius 3 is 2.80 bits per heavy atom. The van der Waals surface area contributed by atoms with Crippen molar-refractivity contribution in [3.8, 4) is 0 Å². The van der Waals surface area contributed by atoms with E-state index in [1.54, 1.807) is 25.1 Å². The van der Waals surface area contributed by atoms with Crippen LogP contribution in [0, 0.1) is 5.82 Å². The van der Waals surface area contributed by atoms with Gasteiger partial charge in [0.2, 0.25) is 0 Å². The lowest BCUT2D eigenvalue weighted by molar-refractivity contribution is -0.131. The van der Waals surface area contributed by atoms with Gasteiger partial charge in [0, 0.05) is 12.6 Å². The molecule has 0 unspecified atom stereocenters. The summed E-state index contributed by atoms with van der Waals surface area (Å²) in [6.45, 7) is 1.98. The van der Waals surface area contributed by atoms with Crippen LogP contribution in [0.1, 0.15) is 6.92 Å². The van der Waals surface area contributed by atoms with Crippen molar-refractivity contribution in [3.63, 3.8) is 0 Å². The predicted molar refractivity (Wildman–Crippen MR) is 56.3 cm³/mol. The molecule has 0 atom stereocenters. The lowest BCUT2D eigenvalue weighted by Gasteiger charge is -2.06. The SMILES string of the molecule is C/C(=C/C(=O)O)CNc1ccccc1F. The Labute approximate surface area is 87.2 Å². The van der Waals surface area contributed by atoms with Gasteiger partial charge in [-0.2, -0.15) is 0 Å². The standard InChI is InChI=1S/C11H12FNO2/c1-8(6-11(14)15)7-13-10-5-3-2-4-9(10)12/h2-6,13H,7H2,1H3,(H,14,15)/b8-6-. The average Bonchev–Trinajstić information content (AvgIpc) is 2.15. The van der Waals surface area contributed by atoms with Crippen molar-refractivity contribution in [2.24, 2.45) is 0 Å². The number of aliphatic carboxylic acids is 1. The third-order valence-electron chi connectivity index (χ3n) is 1.80. The smallest absolute Gasteiger partial charge is 0.328 e. The Balaban J connectivity index is 2.58. The van der Waals surface area contributed by atoms with E-state index in [1.165, 1.54) is 6.07 Å². The molecule has 0 aliphatic heterocycles. The Kier molecular flexibility index (Phi) is 3.85. The molecule has 0 heterocycles. The highest BCUT2D eigenvalue weighted by atomic mass is 19.1. The first kappa shape index (κ1) is 11.2. The van der Waals surface area contributed by atoms with Gasteiger partial charge in [-0.05, 0) is 24.6 Å². The van der Waals surface area contributed by atoms with Crippen molar-refractivity contribution in [3.05, 3.63) is 41.7 Å². The highest BCUT2D eigenvalue weighted by molar-refractivity contribution is 5.80. The molecule has 0 radical (unpaired) electrons. The minimum Gasteiger partial charge on any atom is -0.478 e. The highest BCUT2D eigenvalue weighted by Crippen LogP contribution is 2.12. The molecule has 0 saturated carbocycles. The number of para-hydroxylation sites is 1. The first-order valence-corrected chi connectivity index (χ1v) is 4.48. The van der Waals surface area contributed by atoms with Crippen molar-refractivity contribution in [2.45, 2.75) is 6.92 Å². The number of hydrogen-bond acceptors (Lipinski definition) is 2. The van der Waals surface area contributed by atoms with Gasteiger partial charge in [-0.1, -0.05) is 12.1 Å². The van der Waals surface area contributed by atoms with Gasteiger partial charge < -0.3 is 10.4 Å². The second kappa shape index (κ2) is 5.14. The second-order valence-corrected chi connectivity index (χ2v) is 3.16. The number of anilines is 1. The summed E-state index contributed by atoms with van der Waals surface area (Å²) in [7, 11) is 0. The number of carboxylic acids is 1. The lowest BCUT2D eigenvalue weighted by atomic mass is 10.2. The number of carbonyl (C=O) groups is 1. The minimum absolute atomic E-state index is 0.313. The minimum atomic E-state index is -0.997. The van der Waals surface area contributed by atoms with Gasteiger partial charge in [-0.25, -0.2) is 9.18 Å². The topological polar surface area (TPSA) is 49.3 Å². The van der Waals surface area contributed by atoms with Crippen LogP contribution in [-0.2, 0) is 4.79 Å². The molecule has 1 aromatic carbocycles. The van der Waals surface area contributed by atoms with Crippen LogP contribution < -0.4 is 5.32 Å². The Morgan fingerprint density at radius 1 is 1.53 bits per heavy atom. The fourth-order valence-electron chi connectivity index (χ4n) is 1.10. The van der Waals surface area contributed by atoms with Crippen molar-refractivity contribution >= 4 is 11.7 Å². The molecule has 80 valence electrons. The fraction of sp³-hybridized carbons (Fsp3) is 0.182. The van der Waals surface area contributed by atoms with E-state index in [1.807, 2.05) is 0 Å². The average molecular weight is 209 g/mol. The van der Waals surface area contributed by atoms with E-state index >= 15 is 0 Å². The molecule has 2 N–H and O–H groups in total. The van der Waals surface area contributed by atoms with Gasteiger partial charge >= 0.3 is 5.97 Å². The molecule has 1 aromatic rings. The van der Waals surface area contributed by atoms with Crippen LogP contribution in [0.15, 0.2) is 35.9 Å². The summed E-state index contributed by atoms with van der Waals surface area (Å²) in [6, 6.07) is 6.25. The molecule has 0 spiro atoms. The zero-order valence-corrected chi connectivity index (χ0v) is 8.33. The first-order valence-electron chi connectivity index (χ1n) is 4.48. The molecule has 0 aliphatic rings. The summed E-state index contributed by atoms with van der Waals surface area (Å²) < 4.78 is 13.1. The van der Waals surface area contributed by atoms with Crippen LogP contribution in [0.2, 0.25) is 0 Å². The summed E-state index contributed by atoms with van der Waals surface area (Å²) in [5.41, 5.74) is 1.00. The molecule has 4 heteroatoms. The summed E-state index contributed by atoms with van der Waals surface area (Å²) >= 11 is 0. The van der Waals surface area contributed by atoms with Gasteiger partial charge in [0.1, 0.15) is 5.82 Å². The van der Waals surface area contributed by atoms with Crippen LogP contribution in [0.4, 0.5) is 10.1 Å². The third-order valence-corrected chi connectivity index (χ3v) is 1.80. The molecule has 1 rings (SSSR count). The molecular weight excluding hydrogens is 197 g/mol. The Morgan fingerprint density at radius 2 is 2.20 bits per heavy atom. The van der Waals surface area contributed by atoms with Gasteiger partial charge in [-0.15, -0.1) is 0 Å². The van der Waals surface area contributed by atoms with Gasteiger partial charge in [0.25, 0.3) is 0 Å². The monoisotopic (exact) mass is 209 g/mol. The molecule has 0 aromatic heterocycles. The maximum absolute atomic E-state index is 13.1. The van der Waals surface area contributed by atoms with Crippen molar-refractivity contribution in [1.29, 1.82) is 0 Å². The molecule has 3 nitrogen and oxygen atoms in total. The zero-order valence-electron chi connectivity index (χ0n) is 8.33. The maximum Gasteiger partial charge on any atom is 0.328 e. The number of carboxylic acid groups (broad SMARTS) is 1. The number of benzene rings is 1. The van der Waals surface area contributed by atoms with Gasteiger partial charge in [0.15, 0.2) is 0 Å². The third kappa shape index (κ3) is 3.81. The van der Waals surface area contributed by atoms with E-state index in [0.29, 0.717) is 17.8 Å². The molecule has 0 amide bonds. The molecule has 15 heavy (non-hydrogen) atoms. The van der Waals surface area contributed by atoms with Crippen molar-refractivity contribution in [1.82, 2.24) is 0 Å². The summed E-state index contributed by atoms with van der Waals surface area (Å²) in [4.78, 5) is 10.3. The Bertz CT molecular complexity index is 388. The van der Waals surface area contributed by atoms with Crippen LogP contribution in [0.3, 0.4) is 0 Å². The summed E-state index contributed by atoms with van der Waals surface area (Å²) in [5, 5.41) is 11.3. The van der Waals surface area contributed by atoms with E-state index in [2.05, 4.69) is 5.32 Å². The first-order chi connectivity index (χ1) is 7.09. The number of nitrogens with one attached hydrogen (secondary N) is 1. The normalized spacial score (nSPS) is 11.2. The zero-order chi connectivity index (χ0) is 11.3. The van der Waals surface area contributed by atoms with Crippen LogP contribution >= 0.6 is 0 Å². The van der Waals surface area contributed by atoms with E-state index < -0.39 is 5.97 Å². The predicted octanol–water partition coefficient (Wildman–Crippen LogP) is 2.27. The van der Waals surface area contributed by atoms with Crippen molar-refractivity contribution < 1.29 is 14.3 Å².